The number of hydrogen-bond donors (Lipinski definition) is 6. The third-order valence-electron chi connectivity index (χ3n) is 16.7. The number of aliphatic carboxylic acids is 1. The topological polar surface area (TPSA) is 210 Å². The van der Waals surface area contributed by atoms with Gasteiger partial charge in [0.25, 0.3) is 0 Å². The predicted octanol–water partition coefficient (Wildman–Crippen LogP) is 4.06. The first-order valence-electron chi connectivity index (χ1n) is 20.6. The van der Waals surface area contributed by atoms with Gasteiger partial charge >= 0.3 is 17.9 Å². The SMILES string of the molecule is C/C=C(/C)C(=O)O[C@H]1[C@H](OC(C)=O)[C@]2(C(=O)O)CC[C@]3(C)C(=CC[C@@H]4[C@@]5(C)CC[C@H](O[C@@H]6O[C@H](CO)[C@@H](O)[C@H](O)[C@H]6O)[C@](C)(CO)[C@@H]5CC[C@]43C)[C@@H]2CC1(C)C. The maximum Gasteiger partial charge on any atom is 0.333 e. The van der Waals surface area contributed by atoms with Gasteiger partial charge in [-0.05, 0) is 93.3 Å². The molecule has 4 saturated carbocycles. The van der Waals surface area contributed by atoms with E-state index in [1.165, 1.54) is 6.92 Å². The Labute approximate surface area is 330 Å². The quantitative estimate of drug-likeness (QED) is 0.0889. The molecule has 13 nitrogen and oxygen atoms in total. The Kier molecular flexibility index (Phi) is 11.3. The van der Waals surface area contributed by atoms with Gasteiger partial charge in [0, 0.05) is 29.2 Å². The van der Waals surface area contributed by atoms with Gasteiger partial charge in [0.1, 0.15) is 35.9 Å². The highest BCUT2D eigenvalue weighted by molar-refractivity contribution is 5.88. The molecule has 16 atom stereocenters. The number of allylic oxidation sites excluding steroid dienone is 3. The number of fused-ring (bicyclic) bond motifs is 7. The highest BCUT2D eigenvalue weighted by atomic mass is 16.7. The monoisotopic (exact) mass is 790 g/mol. The van der Waals surface area contributed by atoms with Crippen molar-refractivity contribution in [3.8, 4) is 0 Å². The number of carbonyl (C=O) groups excluding carboxylic acids is 2. The van der Waals surface area contributed by atoms with Gasteiger partial charge in [-0.1, -0.05) is 59.3 Å². The molecule has 0 aromatic heterocycles. The lowest BCUT2D eigenvalue weighted by Gasteiger charge is -2.71. The molecule has 56 heavy (non-hydrogen) atoms. The van der Waals surface area contributed by atoms with Crippen LogP contribution < -0.4 is 0 Å². The largest absolute Gasteiger partial charge is 0.481 e. The normalized spacial score (nSPS) is 48.6. The Morgan fingerprint density at radius 3 is 2.14 bits per heavy atom. The zero-order valence-corrected chi connectivity index (χ0v) is 34.6. The predicted molar refractivity (Wildman–Crippen MR) is 202 cm³/mol. The van der Waals surface area contributed by atoms with Gasteiger partial charge in [0.05, 0.1) is 19.3 Å². The number of esters is 2. The summed E-state index contributed by atoms with van der Waals surface area (Å²) in [4.78, 5) is 39.8. The van der Waals surface area contributed by atoms with E-state index in [9.17, 15) is 45.0 Å². The van der Waals surface area contributed by atoms with Crippen molar-refractivity contribution in [3.05, 3.63) is 23.3 Å². The smallest absolute Gasteiger partial charge is 0.333 e. The van der Waals surface area contributed by atoms with Gasteiger partial charge < -0.3 is 49.6 Å². The highest BCUT2D eigenvalue weighted by Gasteiger charge is 2.73. The van der Waals surface area contributed by atoms with E-state index >= 15 is 0 Å². The molecule has 316 valence electrons. The van der Waals surface area contributed by atoms with Gasteiger partial charge in [0.2, 0.25) is 0 Å². The summed E-state index contributed by atoms with van der Waals surface area (Å²) in [5.41, 5.74) is -2.48. The van der Waals surface area contributed by atoms with Crippen molar-refractivity contribution >= 4 is 17.9 Å². The van der Waals surface area contributed by atoms with Gasteiger partial charge in [-0.2, -0.15) is 0 Å². The summed E-state index contributed by atoms with van der Waals surface area (Å²) in [6.07, 6.45) is -1.13. The third kappa shape index (κ3) is 6.15. The number of aliphatic hydroxyl groups is 5. The lowest BCUT2D eigenvalue weighted by atomic mass is 9.33. The molecular formula is C43H66O13. The van der Waals surface area contributed by atoms with E-state index in [4.69, 9.17) is 18.9 Å². The fourth-order valence-electron chi connectivity index (χ4n) is 13.2. The molecular weight excluding hydrogens is 724 g/mol. The van der Waals surface area contributed by atoms with Crippen molar-refractivity contribution in [1.29, 1.82) is 0 Å². The Bertz CT molecular complexity index is 1620. The molecule has 1 saturated heterocycles. The molecule has 6 aliphatic rings. The second kappa shape index (κ2) is 14.7. The molecule has 0 aromatic carbocycles. The van der Waals surface area contributed by atoms with Crippen LogP contribution in [0, 0.1) is 50.2 Å². The third-order valence-corrected chi connectivity index (χ3v) is 16.7. The summed E-state index contributed by atoms with van der Waals surface area (Å²) in [5.74, 6) is -2.57. The Balaban J connectivity index is 1.36. The first kappa shape index (κ1) is 43.2. The van der Waals surface area contributed by atoms with Crippen molar-refractivity contribution in [2.45, 2.75) is 163 Å². The fourth-order valence-corrected chi connectivity index (χ4v) is 13.2. The van der Waals surface area contributed by atoms with Crippen molar-refractivity contribution < 1.29 is 64.0 Å². The van der Waals surface area contributed by atoms with E-state index < -0.39 is 101 Å². The summed E-state index contributed by atoms with van der Waals surface area (Å²) in [6, 6.07) is 0. The second-order valence-electron chi connectivity index (χ2n) is 19.7. The van der Waals surface area contributed by atoms with E-state index in [2.05, 4.69) is 26.8 Å². The van der Waals surface area contributed by atoms with Crippen LogP contribution >= 0.6 is 0 Å². The Morgan fingerprint density at radius 1 is 0.875 bits per heavy atom. The first-order chi connectivity index (χ1) is 26.0. The number of rotatable bonds is 8. The van der Waals surface area contributed by atoms with E-state index in [1.807, 2.05) is 20.8 Å². The second-order valence-corrected chi connectivity index (χ2v) is 19.7. The van der Waals surface area contributed by atoms with Gasteiger partial charge in [-0.15, -0.1) is 0 Å². The molecule has 5 aliphatic carbocycles. The van der Waals surface area contributed by atoms with Crippen LogP contribution in [0.4, 0.5) is 0 Å². The van der Waals surface area contributed by atoms with Crippen LogP contribution in [0.3, 0.4) is 0 Å². The van der Waals surface area contributed by atoms with Gasteiger partial charge in [0.15, 0.2) is 12.4 Å². The number of carbonyl (C=O) groups is 3. The van der Waals surface area contributed by atoms with E-state index in [0.717, 1.165) is 24.8 Å². The number of ether oxygens (including phenoxy) is 4. The Hall–Kier alpha value is -2.39. The van der Waals surface area contributed by atoms with Crippen molar-refractivity contribution in [3.63, 3.8) is 0 Å². The van der Waals surface area contributed by atoms with Crippen molar-refractivity contribution in [2.24, 2.45) is 50.2 Å². The molecule has 0 amide bonds. The lowest BCUT2D eigenvalue weighted by molar-refractivity contribution is -0.333. The first-order valence-corrected chi connectivity index (χ1v) is 20.6. The highest BCUT2D eigenvalue weighted by Crippen LogP contribution is 2.76. The van der Waals surface area contributed by atoms with Crippen LogP contribution in [0.2, 0.25) is 0 Å². The maximum atomic E-state index is 13.8. The summed E-state index contributed by atoms with van der Waals surface area (Å²) in [7, 11) is 0. The van der Waals surface area contributed by atoms with Crippen molar-refractivity contribution in [1.82, 2.24) is 0 Å². The summed E-state index contributed by atoms with van der Waals surface area (Å²) in [6.45, 7) is 16.8. The van der Waals surface area contributed by atoms with Crippen molar-refractivity contribution in [2.75, 3.05) is 13.2 Å². The summed E-state index contributed by atoms with van der Waals surface area (Å²) in [5, 5.41) is 63.8. The molecule has 0 spiro atoms. The maximum absolute atomic E-state index is 13.8. The lowest BCUT2D eigenvalue weighted by Crippen LogP contribution is -2.70. The molecule has 6 N–H and O–H groups in total. The van der Waals surface area contributed by atoms with Crippen LogP contribution in [-0.2, 0) is 33.3 Å². The zero-order chi connectivity index (χ0) is 41.6. The van der Waals surface area contributed by atoms with Gasteiger partial charge in [-0.3, -0.25) is 9.59 Å². The molecule has 1 heterocycles. The minimum Gasteiger partial charge on any atom is -0.481 e. The standard InChI is InChI=1S/C43H66O13/c1-10-22(2)35(50)56-33-34(53-23(3)46)43(37(51)52)18-17-41(8)24(25(43)19-38(33,4)5)11-12-28-39(6)15-14-29(40(7,21-45)27(39)13-16-42(28,41)9)55-36-32(49)31(48)30(47)26(20-44)54-36/h10-11,25-34,36,44-45,47-49H,12-21H2,1-9H3,(H,51,52)/b22-10-/t25-,26+,27+,28+,29-,30+,31-,32+,33-,34-,36-,39-,40+,41+,42+,43-/m0/s1. The van der Waals surface area contributed by atoms with Crippen LogP contribution in [0.1, 0.15) is 114 Å². The number of aliphatic hydroxyl groups excluding tert-OH is 5. The minimum atomic E-state index is -1.57. The average molecular weight is 791 g/mol. The van der Waals surface area contributed by atoms with E-state index in [-0.39, 0.29) is 35.7 Å². The molecule has 1 aliphatic heterocycles. The van der Waals surface area contributed by atoms with Crippen LogP contribution in [0.15, 0.2) is 23.3 Å². The summed E-state index contributed by atoms with van der Waals surface area (Å²) >= 11 is 0. The van der Waals surface area contributed by atoms with Gasteiger partial charge in [-0.25, -0.2) is 4.79 Å². The number of carboxylic acid groups (broad SMARTS) is 1. The molecule has 5 fully saturated rings. The Morgan fingerprint density at radius 2 is 1.55 bits per heavy atom. The van der Waals surface area contributed by atoms with Crippen LogP contribution in [0.5, 0.6) is 0 Å². The molecule has 0 unspecified atom stereocenters. The average Bonchev–Trinajstić information content (AvgIpc) is 3.13. The molecule has 0 radical (unpaired) electrons. The van der Waals surface area contributed by atoms with Crippen LogP contribution in [0.25, 0.3) is 0 Å². The molecule has 6 rings (SSSR count). The van der Waals surface area contributed by atoms with E-state index in [0.29, 0.717) is 31.3 Å². The number of carboxylic acids is 1. The molecule has 13 heteroatoms. The van der Waals surface area contributed by atoms with E-state index in [1.54, 1.807) is 19.9 Å². The minimum absolute atomic E-state index is 0.00000586. The summed E-state index contributed by atoms with van der Waals surface area (Å²) < 4.78 is 24.3. The number of hydrogen-bond acceptors (Lipinski definition) is 12. The molecule has 0 aromatic rings. The molecule has 0 bridgehead atoms. The fraction of sp³-hybridized carbons (Fsp3) is 0.837. The van der Waals surface area contributed by atoms with Crippen LogP contribution in [-0.4, -0.2) is 111 Å². The zero-order valence-electron chi connectivity index (χ0n) is 34.6.